The van der Waals surface area contributed by atoms with Crippen LogP contribution in [0.25, 0.3) is 0 Å². The van der Waals surface area contributed by atoms with E-state index in [2.05, 4.69) is 5.32 Å². The third-order valence-corrected chi connectivity index (χ3v) is 3.15. The molecule has 1 fully saturated rings. The molecule has 0 aromatic heterocycles. The molecule has 4 N–H and O–H groups in total. The molecule has 1 rings (SSSR count). The number of rotatable bonds is 2. The molecule has 8 heteroatoms. The third kappa shape index (κ3) is 4.55. The zero-order valence-electron chi connectivity index (χ0n) is 12.7. The van der Waals surface area contributed by atoms with E-state index in [9.17, 15) is 24.9 Å². The van der Waals surface area contributed by atoms with E-state index in [-0.39, 0.29) is 6.54 Å². The summed E-state index contributed by atoms with van der Waals surface area (Å²) >= 11 is 0. The molecule has 4 unspecified atom stereocenters. The van der Waals surface area contributed by atoms with Crippen LogP contribution in [0.2, 0.25) is 0 Å². The van der Waals surface area contributed by atoms with Crippen LogP contribution in [0.15, 0.2) is 0 Å². The van der Waals surface area contributed by atoms with Crippen LogP contribution >= 0.6 is 0 Å². The Balaban J connectivity index is 2.92. The Morgan fingerprint density at radius 2 is 1.86 bits per heavy atom. The van der Waals surface area contributed by atoms with Crippen LogP contribution < -0.4 is 5.32 Å². The second kappa shape index (κ2) is 6.59. The molecule has 0 aromatic rings. The molecule has 2 amide bonds. The topological polar surface area (TPSA) is 119 Å². The van der Waals surface area contributed by atoms with Crippen LogP contribution in [0, 0.1) is 0 Å². The van der Waals surface area contributed by atoms with Crippen molar-refractivity contribution in [1.29, 1.82) is 0 Å². The summed E-state index contributed by atoms with van der Waals surface area (Å²) in [7, 11) is 0. The van der Waals surface area contributed by atoms with Gasteiger partial charge >= 0.3 is 6.09 Å². The Bertz CT molecular complexity index is 395. The number of aliphatic hydroxyl groups excluding tert-OH is 3. The van der Waals surface area contributed by atoms with Crippen molar-refractivity contribution in [3.63, 3.8) is 0 Å². The molecule has 1 aliphatic rings. The summed E-state index contributed by atoms with van der Waals surface area (Å²) in [6.07, 6.45) is -3.37. The average Bonchev–Trinajstić information content (AvgIpc) is 2.32. The number of carbonyl (C=O) groups excluding carboxylic acids is 2. The first-order valence-electron chi connectivity index (χ1n) is 6.80. The zero-order valence-corrected chi connectivity index (χ0v) is 12.7. The van der Waals surface area contributed by atoms with E-state index in [0.29, 0.717) is 0 Å². The van der Waals surface area contributed by atoms with E-state index in [4.69, 9.17) is 4.74 Å². The lowest BCUT2D eigenvalue weighted by molar-refractivity contribution is -0.128. The molecule has 122 valence electrons. The number of nitrogens with one attached hydrogen (secondary N) is 1. The molecule has 8 nitrogen and oxygen atoms in total. The van der Waals surface area contributed by atoms with E-state index in [1.54, 1.807) is 20.8 Å². The highest BCUT2D eigenvalue weighted by atomic mass is 16.6. The number of amides is 2. The maximum Gasteiger partial charge on any atom is 0.410 e. The van der Waals surface area contributed by atoms with Gasteiger partial charge in [-0.3, -0.25) is 9.69 Å². The lowest BCUT2D eigenvalue weighted by Crippen LogP contribution is -2.67. The van der Waals surface area contributed by atoms with Crippen molar-refractivity contribution >= 4 is 12.0 Å². The monoisotopic (exact) mass is 304 g/mol. The summed E-state index contributed by atoms with van der Waals surface area (Å²) < 4.78 is 5.22. The Kier molecular flexibility index (Phi) is 5.54. The van der Waals surface area contributed by atoms with E-state index in [1.165, 1.54) is 6.92 Å². The van der Waals surface area contributed by atoms with Crippen molar-refractivity contribution in [3.8, 4) is 0 Å². The molecule has 0 saturated carbocycles. The van der Waals surface area contributed by atoms with Gasteiger partial charge in [0.2, 0.25) is 5.91 Å². The minimum atomic E-state index is -1.38. The Morgan fingerprint density at radius 3 is 2.29 bits per heavy atom. The third-order valence-electron chi connectivity index (χ3n) is 3.15. The Morgan fingerprint density at radius 1 is 1.29 bits per heavy atom. The van der Waals surface area contributed by atoms with Crippen molar-refractivity contribution < 1.29 is 29.6 Å². The van der Waals surface area contributed by atoms with E-state index in [1.807, 2.05) is 0 Å². The number of nitrogens with zero attached hydrogens (tertiary/aromatic N) is 1. The number of likely N-dealkylation sites (tertiary alicyclic amines) is 1. The molecule has 4 atom stereocenters. The molecule has 0 spiro atoms. The average molecular weight is 304 g/mol. The minimum absolute atomic E-state index is 0.0576. The quantitative estimate of drug-likeness (QED) is 0.510. The van der Waals surface area contributed by atoms with Gasteiger partial charge in [-0.25, -0.2) is 4.79 Å². The Labute approximate surface area is 123 Å². The van der Waals surface area contributed by atoms with Crippen LogP contribution in [-0.4, -0.2) is 75.3 Å². The second-order valence-electron chi connectivity index (χ2n) is 6.17. The van der Waals surface area contributed by atoms with Gasteiger partial charge in [-0.1, -0.05) is 0 Å². The first kappa shape index (κ1) is 17.7. The van der Waals surface area contributed by atoms with Crippen molar-refractivity contribution in [2.45, 2.75) is 57.6 Å². The fourth-order valence-electron chi connectivity index (χ4n) is 2.23. The molecular formula is C13H24N2O6. The molecule has 0 bridgehead atoms. The largest absolute Gasteiger partial charge is 0.444 e. The first-order valence-corrected chi connectivity index (χ1v) is 6.80. The maximum atomic E-state index is 12.2. The lowest BCUT2D eigenvalue weighted by atomic mass is 9.92. The standard InChI is InChI=1S/C13H24N2O6/c1-7(17)14-8-5-15(12(20)21-13(2,3)4)9(6-16)11(19)10(8)18/h8-11,16,18-19H,5-6H2,1-4H3,(H,14,17). The van der Waals surface area contributed by atoms with Crippen molar-refractivity contribution in [2.75, 3.05) is 13.2 Å². The fourth-order valence-corrected chi connectivity index (χ4v) is 2.23. The predicted molar refractivity (Wildman–Crippen MR) is 73.4 cm³/mol. The van der Waals surface area contributed by atoms with Gasteiger partial charge < -0.3 is 25.4 Å². The maximum absolute atomic E-state index is 12.2. The molecule has 1 aliphatic heterocycles. The van der Waals surface area contributed by atoms with Crippen LogP contribution in [0.3, 0.4) is 0 Å². The molecular weight excluding hydrogens is 280 g/mol. The van der Waals surface area contributed by atoms with E-state index in [0.717, 1.165) is 4.90 Å². The highest BCUT2D eigenvalue weighted by Crippen LogP contribution is 2.21. The molecule has 1 saturated heterocycles. The van der Waals surface area contributed by atoms with E-state index >= 15 is 0 Å². The summed E-state index contributed by atoms with van der Waals surface area (Å²) in [5, 5.41) is 31.8. The Hall–Kier alpha value is -1.38. The SMILES string of the molecule is CC(=O)NC1CN(C(=O)OC(C)(C)C)C(CO)C(O)C1O. The summed E-state index contributed by atoms with van der Waals surface area (Å²) in [6.45, 7) is 5.77. The van der Waals surface area contributed by atoms with Gasteiger partial charge in [-0.15, -0.1) is 0 Å². The number of ether oxygens (including phenoxy) is 1. The molecule has 0 radical (unpaired) electrons. The van der Waals surface area contributed by atoms with Crippen LogP contribution in [-0.2, 0) is 9.53 Å². The predicted octanol–water partition coefficient (Wildman–Crippen LogP) is -1.18. The van der Waals surface area contributed by atoms with Crippen molar-refractivity contribution in [2.24, 2.45) is 0 Å². The van der Waals surface area contributed by atoms with Crippen LogP contribution in [0.4, 0.5) is 4.79 Å². The minimum Gasteiger partial charge on any atom is -0.444 e. The summed E-state index contributed by atoms with van der Waals surface area (Å²) in [5.74, 6) is -0.391. The number of hydrogen-bond acceptors (Lipinski definition) is 6. The summed E-state index contributed by atoms with van der Waals surface area (Å²) in [4.78, 5) is 24.4. The molecule has 21 heavy (non-hydrogen) atoms. The number of carbonyl (C=O) groups is 2. The van der Waals surface area contributed by atoms with Crippen LogP contribution in [0.1, 0.15) is 27.7 Å². The van der Waals surface area contributed by atoms with Gasteiger partial charge in [-0.2, -0.15) is 0 Å². The van der Waals surface area contributed by atoms with Gasteiger partial charge in [0.05, 0.1) is 18.7 Å². The van der Waals surface area contributed by atoms with Gasteiger partial charge in [0.15, 0.2) is 0 Å². The molecule has 0 aliphatic carbocycles. The fraction of sp³-hybridized carbons (Fsp3) is 0.846. The second-order valence-corrected chi connectivity index (χ2v) is 6.17. The van der Waals surface area contributed by atoms with Gasteiger partial charge in [-0.05, 0) is 20.8 Å². The normalized spacial score (nSPS) is 30.0. The van der Waals surface area contributed by atoms with E-state index < -0.39 is 48.5 Å². The zero-order chi connectivity index (χ0) is 16.4. The van der Waals surface area contributed by atoms with Gasteiger partial charge in [0, 0.05) is 13.5 Å². The number of hydrogen-bond donors (Lipinski definition) is 4. The van der Waals surface area contributed by atoms with Crippen LogP contribution in [0.5, 0.6) is 0 Å². The summed E-state index contributed by atoms with van der Waals surface area (Å²) in [5.41, 5.74) is -0.735. The number of aliphatic hydroxyl groups is 3. The smallest absolute Gasteiger partial charge is 0.410 e. The highest BCUT2D eigenvalue weighted by molar-refractivity contribution is 5.74. The molecule has 1 heterocycles. The van der Waals surface area contributed by atoms with Gasteiger partial charge in [0.25, 0.3) is 0 Å². The molecule has 0 aromatic carbocycles. The van der Waals surface area contributed by atoms with Crippen molar-refractivity contribution in [3.05, 3.63) is 0 Å². The number of piperidine rings is 1. The summed E-state index contributed by atoms with van der Waals surface area (Å²) in [6, 6.07) is -1.81. The first-order chi connectivity index (χ1) is 9.56. The van der Waals surface area contributed by atoms with Crippen molar-refractivity contribution in [1.82, 2.24) is 10.2 Å². The van der Waals surface area contributed by atoms with Gasteiger partial charge in [0.1, 0.15) is 17.8 Å². The lowest BCUT2D eigenvalue weighted by Gasteiger charge is -2.44. The highest BCUT2D eigenvalue weighted by Gasteiger charge is 2.45.